The lowest BCUT2D eigenvalue weighted by molar-refractivity contribution is -0.116. The summed E-state index contributed by atoms with van der Waals surface area (Å²) in [7, 11) is 1.63. The molecule has 0 radical (unpaired) electrons. The van der Waals surface area contributed by atoms with Crippen molar-refractivity contribution in [2.75, 3.05) is 25.5 Å². The van der Waals surface area contributed by atoms with Gasteiger partial charge in [-0.15, -0.1) is 0 Å². The van der Waals surface area contributed by atoms with Crippen molar-refractivity contribution in [2.45, 2.75) is 38.8 Å². The van der Waals surface area contributed by atoms with Crippen LogP contribution in [0.2, 0.25) is 0 Å². The van der Waals surface area contributed by atoms with Gasteiger partial charge in [0, 0.05) is 30.8 Å². The molecule has 0 atom stereocenters. The molecule has 1 saturated heterocycles. The summed E-state index contributed by atoms with van der Waals surface area (Å²) in [6, 6.07) is 15.7. The maximum absolute atomic E-state index is 12.6. The molecular formula is C24H29N5O2S. The molecule has 8 heteroatoms. The standard InChI is InChI=1S/C24H29N5O2S/c1-31-21-10-8-19(9-11-21)23-26-27-24(32)29(23)15-12-22(30)25-20-7-5-6-18(16-20)17-28-13-3-2-4-14-28/h5-11,16H,2-4,12-15,17H2,1H3,(H,25,30)(H,27,32). The summed E-state index contributed by atoms with van der Waals surface area (Å²) in [6.45, 7) is 3.67. The van der Waals surface area contributed by atoms with Gasteiger partial charge in [0.2, 0.25) is 5.91 Å². The smallest absolute Gasteiger partial charge is 0.226 e. The molecule has 1 aliphatic heterocycles. The summed E-state index contributed by atoms with van der Waals surface area (Å²) in [5.41, 5.74) is 2.96. The van der Waals surface area contributed by atoms with Crippen molar-refractivity contribution in [3.05, 3.63) is 58.9 Å². The van der Waals surface area contributed by atoms with Crippen molar-refractivity contribution in [2.24, 2.45) is 0 Å². The Balaban J connectivity index is 1.37. The van der Waals surface area contributed by atoms with E-state index in [1.54, 1.807) is 7.11 Å². The molecule has 1 fully saturated rings. The molecule has 0 saturated carbocycles. The molecule has 32 heavy (non-hydrogen) atoms. The molecule has 168 valence electrons. The van der Waals surface area contributed by atoms with E-state index in [-0.39, 0.29) is 5.91 Å². The van der Waals surface area contributed by atoms with Gasteiger partial charge in [0.05, 0.1) is 7.11 Å². The van der Waals surface area contributed by atoms with Gasteiger partial charge in [-0.1, -0.05) is 18.6 Å². The number of piperidine rings is 1. The summed E-state index contributed by atoms with van der Waals surface area (Å²) < 4.78 is 7.56. The van der Waals surface area contributed by atoms with Crippen LogP contribution in [-0.4, -0.2) is 45.8 Å². The molecule has 0 spiro atoms. The normalized spacial score (nSPS) is 14.3. The lowest BCUT2D eigenvalue weighted by Crippen LogP contribution is -2.29. The van der Waals surface area contributed by atoms with Crippen molar-refractivity contribution in [3.63, 3.8) is 0 Å². The van der Waals surface area contributed by atoms with Crippen LogP contribution in [-0.2, 0) is 17.9 Å². The number of rotatable bonds is 8. The molecule has 2 N–H and O–H groups in total. The molecule has 1 amide bonds. The summed E-state index contributed by atoms with van der Waals surface area (Å²) in [5, 5.41) is 10.2. The highest BCUT2D eigenvalue weighted by atomic mass is 32.1. The Morgan fingerprint density at radius 3 is 2.69 bits per heavy atom. The maximum atomic E-state index is 12.6. The number of aromatic amines is 1. The second-order valence-corrected chi connectivity index (χ2v) is 8.45. The van der Waals surface area contributed by atoms with Crippen LogP contribution >= 0.6 is 12.2 Å². The first-order chi connectivity index (χ1) is 15.6. The molecular weight excluding hydrogens is 422 g/mol. The number of methoxy groups -OCH3 is 1. The lowest BCUT2D eigenvalue weighted by Gasteiger charge is -2.26. The predicted octanol–water partition coefficient (Wildman–Crippen LogP) is 4.63. The van der Waals surface area contributed by atoms with Crippen molar-refractivity contribution >= 4 is 23.8 Å². The number of likely N-dealkylation sites (tertiary alicyclic amines) is 1. The van der Waals surface area contributed by atoms with E-state index in [1.807, 2.05) is 41.0 Å². The fourth-order valence-corrected chi connectivity index (χ4v) is 4.27. The van der Waals surface area contributed by atoms with E-state index in [1.165, 1.54) is 24.8 Å². The number of hydrogen-bond donors (Lipinski definition) is 2. The van der Waals surface area contributed by atoms with Crippen LogP contribution in [0, 0.1) is 4.77 Å². The second-order valence-electron chi connectivity index (χ2n) is 8.07. The molecule has 3 aromatic rings. The predicted molar refractivity (Wildman–Crippen MR) is 128 cm³/mol. The van der Waals surface area contributed by atoms with Crippen LogP contribution in [0.25, 0.3) is 11.4 Å². The van der Waals surface area contributed by atoms with Gasteiger partial charge in [0.25, 0.3) is 0 Å². The Hall–Kier alpha value is -2.97. The summed E-state index contributed by atoms with van der Waals surface area (Å²) in [4.78, 5) is 15.1. The highest BCUT2D eigenvalue weighted by Crippen LogP contribution is 2.21. The lowest BCUT2D eigenvalue weighted by atomic mass is 10.1. The van der Waals surface area contributed by atoms with Gasteiger partial charge in [-0.2, -0.15) is 5.10 Å². The number of carbonyl (C=O) groups excluding carboxylic acids is 1. The number of aromatic nitrogens is 3. The number of benzene rings is 2. The highest BCUT2D eigenvalue weighted by Gasteiger charge is 2.13. The largest absolute Gasteiger partial charge is 0.497 e. The third-order valence-corrected chi connectivity index (χ3v) is 6.05. The Morgan fingerprint density at radius 1 is 1.16 bits per heavy atom. The molecule has 0 unspecified atom stereocenters. The zero-order valence-corrected chi connectivity index (χ0v) is 19.2. The molecule has 0 aliphatic carbocycles. The summed E-state index contributed by atoms with van der Waals surface area (Å²) in [5.74, 6) is 1.43. The average molecular weight is 452 g/mol. The molecule has 1 aromatic heterocycles. The average Bonchev–Trinajstić information content (AvgIpc) is 3.19. The number of anilines is 1. The van der Waals surface area contributed by atoms with Crippen LogP contribution < -0.4 is 10.1 Å². The van der Waals surface area contributed by atoms with E-state index in [2.05, 4.69) is 32.5 Å². The van der Waals surface area contributed by atoms with Crippen LogP contribution in [0.15, 0.2) is 48.5 Å². The van der Waals surface area contributed by atoms with Crippen molar-refractivity contribution < 1.29 is 9.53 Å². The van der Waals surface area contributed by atoms with Gasteiger partial charge in [-0.05, 0) is 80.1 Å². The van der Waals surface area contributed by atoms with Crippen LogP contribution in [0.4, 0.5) is 5.69 Å². The van der Waals surface area contributed by atoms with Crippen molar-refractivity contribution in [3.8, 4) is 17.1 Å². The van der Waals surface area contributed by atoms with E-state index in [4.69, 9.17) is 17.0 Å². The number of amides is 1. The Labute approximate surface area is 193 Å². The minimum atomic E-state index is -0.0519. The first-order valence-electron chi connectivity index (χ1n) is 11.0. The number of H-pyrrole nitrogens is 1. The molecule has 1 aliphatic rings. The van der Waals surface area contributed by atoms with Gasteiger partial charge >= 0.3 is 0 Å². The third-order valence-electron chi connectivity index (χ3n) is 5.73. The summed E-state index contributed by atoms with van der Waals surface area (Å²) >= 11 is 5.38. The van der Waals surface area contributed by atoms with Gasteiger partial charge in [0.1, 0.15) is 5.75 Å². The summed E-state index contributed by atoms with van der Waals surface area (Å²) in [6.07, 6.45) is 4.16. The zero-order valence-electron chi connectivity index (χ0n) is 18.3. The fraction of sp³-hybridized carbons (Fsp3) is 0.375. The number of ether oxygens (including phenoxy) is 1. The fourth-order valence-electron chi connectivity index (χ4n) is 4.05. The first kappa shape index (κ1) is 22.2. The molecule has 2 aromatic carbocycles. The van der Waals surface area contributed by atoms with E-state index in [0.29, 0.717) is 23.6 Å². The third kappa shape index (κ3) is 5.63. The molecule has 4 rings (SSSR count). The van der Waals surface area contributed by atoms with Gasteiger partial charge in [-0.3, -0.25) is 19.4 Å². The number of carbonyl (C=O) groups is 1. The second kappa shape index (κ2) is 10.6. The van der Waals surface area contributed by atoms with Crippen LogP contribution in [0.1, 0.15) is 31.2 Å². The monoisotopic (exact) mass is 451 g/mol. The van der Waals surface area contributed by atoms with Gasteiger partial charge in [0.15, 0.2) is 10.6 Å². The Morgan fingerprint density at radius 2 is 1.94 bits per heavy atom. The van der Waals surface area contributed by atoms with Gasteiger partial charge < -0.3 is 10.1 Å². The Kier molecular flexibility index (Phi) is 7.34. The van der Waals surface area contributed by atoms with Crippen LogP contribution in [0.3, 0.4) is 0 Å². The van der Waals surface area contributed by atoms with E-state index in [9.17, 15) is 4.79 Å². The van der Waals surface area contributed by atoms with E-state index < -0.39 is 0 Å². The molecule has 2 heterocycles. The highest BCUT2D eigenvalue weighted by molar-refractivity contribution is 7.71. The Bertz CT molecular complexity index is 1100. The number of nitrogens with zero attached hydrogens (tertiary/aromatic N) is 3. The number of nitrogens with one attached hydrogen (secondary N) is 2. The van der Waals surface area contributed by atoms with Crippen molar-refractivity contribution in [1.29, 1.82) is 0 Å². The molecule has 7 nitrogen and oxygen atoms in total. The number of hydrogen-bond acceptors (Lipinski definition) is 5. The van der Waals surface area contributed by atoms with Gasteiger partial charge in [-0.25, -0.2) is 0 Å². The first-order valence-corrected chi connectivity index (χ1v) is 11.4. The quantitative estimate of drug-likeness (QED) is 0.489. The molecule has 0 bridgehead atoms. The SMILES string of the molecule is COc1ccc(-c2n[nH]c(=S)n2CCC(=O)Nc2cccc(CN3CCCCC3)c2)cc1. The van der Waals surface area contributed by atoms with Crippen LogP contribution in [0.5, 0.6) is 5.75 Å². The van der Waals surface area contributed by atoms with E-state index >= 15 is 0 Å². The topological polar surface area (TPSA) is 75.2 Å². The zero-order chi connectivity index (χ0) is 22.3. The van der Waals surface area contributed by atoms with Crippen molar-refractivity contribution in [1.82, 2.24) is 19.7 Å². The minimum absolute atomic E-state index is 0.0519. The van der Waals surface area contributed by atoms with E-state index in [0.717, 1.165) is 36.6 Å². The minimum Gasteiger partial charge on any atom is -0.497 e. The maximum Gasteiger partial charge on any atom is 0.226 e.